The fourth-order valence-corrected chi connectivity index (χ4v) is 2.78. The predicted molar refractivity (Wildman–Crippen MR) is 76.7 cm³/mol. The Morgan fingerprint density at radius 3 is 2.82 bits per heavy atom. The van der Waals surface area contributed by atoms with E-state index in [0.717, 1.165) is 34.9 Å². The molecule has 0 atom stereocenters. The molecule has 2 rings (SSSR count). The van der Waals surface area contributed by atoms with Crippen molar-refractivity contribution in [1.82, 2.24) is 4.98 Å². The molecule has 0 bridgehead atoms. The number of aromatic nitrogens is 1. The molecule has 1 aromatic heterocycles. The number of halogens is 2. The summed E-state index contributed by atoms with van der Waals surface area (Å²) in [6.07, 6.45) is 5.97. The van der Waals surface area contributed by atoms with Gasteiger partial charge in [-0.25, -0.2) is 4.98 Å². The van der Waals surface area contributed by atoms with Crippen molar-refractivity contribution < 1.29 is 0 Å². The van der Waals surface area contributed by atoms with E-state index >= 15 is 0 Å². The van der Waals surface area contributed by atoms with Crippen LogP contribution in [0.4, 0.5) is 5.82 Å². The topological polar surface area (TPSA) is 16.1 Å². The molecule has 0 radical (unpaired) electrons. The fraction of sp³-hybridized carbons (Fsp3) is 0.615. The van der Waals surface area contributed by atoms with Gasteiger partial charge in [0.1, 0.15) is 5.82 Å². The molecule has 1 heterocycles. The summed E-state index contributed by atoms with van der Waals surface area (Å²) in [6.45, 7) is 4.30. The highest BCUT2D eigenvalue weighted by Gasteiger charge is 2.21. The Morgan fingerprint density at radius 2 is 2.29 bits per heavy atom. The van der Waals surface area contributed by atoms with Crippen molar-refractivity contribution >= 4 is 33.3 Å². The Labute approximate surface area is 116 Å². The number of alkyl halides is 1. The number of rotatable bonds is 5. The molecule has 0 spiro atoms. The van der Waals surface area contributed by atoms with Gasteiger partial charge in [0.25, 0.3) is 0 Å². The molecule has 1 aliphatic carbocycles. The molecule has 94 valence electrons. The highest BCUT2D eigenvalue weighted by Crippen LogP contribution is 2.30. The van der Waals surface area contributed by atoms with Crippen LogP contribution in [-0.2, 0) is 5.88 Å². The molecule has 1 aromatic rings. The molecule has 4 heteroatoms. The Morgan fingerprint density at radius 1 is 1.53 bits per heavy atom. The van der Waals surface area contributed by atoms with Crippen LogP contribution in [0.3, 0.4) is 0 Å². The SMILES string of the molecule is CCN(CC1CCC1)c1ncc(Br)cc1CCl. The van der Waals surface area contributed by atoms with E-state index in [0.29, 0.717) is 5.88 Å². The normalized spacial score (nSPS) is 15.7. The molecule has 0 saturated heterocycles. The van der Waals surface area contributed by atoms with Crippen LogP contribution in [0.1, 0.15) is 31.7 Å². The molecule has 1 aliphatic rings. The summed E-state index contributed by atoms with van der Waals surface area (Å²) in [7, 11) is 0. The van der Waals surface area contributed by atoms with Crippen LogP contribution >= 0.6 is 27.5 Å². The maximum absolute atomic E-state index is 6.00. The zero-order valence-electron chi connectivity index (χ0n) is 10.1. The summed E-state index contributed by atoms with van der Waals surface area (Å²) < 4.78 is 0.997. The lowest BCUT2D eigenvalue weighted by atomic mass is 9.85. The van der Waals surface area contributed by atoms with Gasteiger partial charge in [-0.2, -0.15) is 0 Å². The summed E-state index contributed by atoms with van der Waals surface area (Å²) in [5.74, 6) is 2.42. The van der Waals surface area contributed by atoms with E-state index in [1.807, 2.05) is 6.20 Å². The van der Waals surface area contributed by atoms with Gasteiger partial charge in [-0.05, 0) is 47.7 Å². The van der Waals surface area contributed by atoms with Gasteiger partial charge in [-0.15, -0.1) is 11.6 Å². The second-order valence-corrected chi connectivity index (χ2v) is 5.79. The van der Waals surface area contributed by atoms with Gasteiger partial charge in [0.05, 0.1) is 5.88 Å². The summed E-state index contributed by atoms with van der Waals surface area (Å²) in [5.41, 5.74) is 1.11. The average molecular weight is 318 g/mol. The minimum absolute atomic E-state index is 0.517. The van der Waals surface area contributed by atoms with E-state index < -0.39 is 0 Å². The highest BCUT2D eigenvalue weighted by atomic mass is 79.9. The van der Waals surface area contributed by atoms with Crippen molar-refractivity contribution in [2.45, 2.75) is 32.1 Å². The van der Waals surface area contributed by atoms with Crippen LogP contribution in [-0.4, -0.2) is 18.1 Å². The first-order valence-corrected chi connectivity index (χ1v) is 7.52. The van der Waals surface area contributed by atoms with Gasteiger partial charge in [-0.1, -0.05) is 6.42 Å². The van der Waals surface area contributed by atoms with Crippen molar-refractivity contribution in [1.29, 1.82) is 0 Å². The molecular formula is C13H18BrClN2. The van der Waals surface area contributed by atoms with E-state index in [1.54, 1.807) is 0 Å². The number of nitrogens with zero attached hydrogens (tertiary/aromatic N) is 2. The van der Waals surface area contributed by atoms with Gasteiger partial charge < -0.3 is 4.90 Å². The molecule has 1 saturated carbocycles. The fourth-order valence-electron chi connectivity index (χ4n) is 2.21. The Kier molecular flexibility index (Phi) is 4.69. The van der Waals surface area contributed by atoms with E-state index in [9.17, 15) is 0 Å². The third kappa shape index (κ3) is 3.14. The van der Waals surface area contributed by atoms with Gasteiger partial charge in [-0.3, -0.25) is 0 Å². The third-order valence-electron chi connectivity index (χ3n) is 3.44. The van der Waals surface area contributed by atoms with Crippen LogP contribution in [0.5, 0.6) is 0 Å². The van der Waals surface area contributed by atoms with E-state index in [-0.39, 0.29) is 0 Å². The van der Waals surface area contributed by atoms with Gasteiger partial charge in [0.2, 0.25) is 0 Å². The lowest BCUT2D eigenvalue weighted by molar-refractivity contribution is 0.318. The molecule has 2 nitrogen and oxygen atoms in total. The Balaban J connectivity index is 2.16. The summed E-state index contributed by atoms with van der Waals surface area (Å²) in [6, 6.07) is 2.07. The highest BCUT2D eigenvalue weighted by molar-refractivity contribution is 9.10. The first-order chi connectivity index (χ1) is 8.24. The lowest BCUT2D eigenvalue weighted by Gasteiger charge is -2.33. The first-order valence-electron chi connectivity index (χ1n) is 6.20. The number of anilines is 1. The number of hydrogen-bond acceptors (Lipinski definition) is 2. The zero-order valence-corrected chi connectivity index (χ0v) is 12.5. The van der Waals surface area contributed by atoms with Crippen LogP contribution in [0.2, 0.25) is 0 Å². The van der Waals surface area contributed by atoms with Gasteiger partial charge in [0.15, 0.2) is 0 Å². The number of pyridine rings is 1. The van der Waals surface area contributed by atoms with E-state index in [4.69, 9.17) is 11.6 Å². The van der Waals surface area contributed by atoms with Crippen molar-refractivity contribution in [3.8, 4) is 0 Å². The first kappa shape index (κ1) is 13.2. The number of hydrogen-bond donors (Lipinski definition) is 0. The molecule has 0 N–H and O–H groups in total. The maximum atomic E-state index is 6.00. The predicted octanol–water partition coefficient (Wildman–Crippen LogP) is 4.21. The van der Waals surface area contributed by atoms with Crippen molar-refractivity contribution in [3.63, 3.8) is 0 Å². The zero-order chi connectivity index (χ0) is 12.3. The van der Waals surface area contributed by atoms with Crippen molar-refractivity contribution in [2.75, 3.05) is 18.0 Å². The maximum Gasteiger partial charge on any atom is 0.133 e. The van der Waals surface area contributed by atoms with Crippen LogP contribution in [0.25, 0.3) is 0 Å². The molecule has 0 unspecified atom stereocenters. The molecule has 0 aliphatic heterocycles. The summed E-state index contributed by atoms with van der Waals surface area (Å²) >= 11 is 9.45. The van der Waals surface area contributed by atoms with E-state index in [2.05, 4.69) is 38.8 Å². The third-order valence-corrected chi connectivity index (χ3v) is 4.16. The van der Waals surface area contributed by atoms with E-state index in [1.165, 1.54) is 19.3 Å². The van der Waals surface area contributed by atoms with Crippen LogP contribution in [0.15, 0.2) is 16.7 Å². The monoisotopic (exact) mass is 316 g/mol. The smallest absolute Gasteiger partial charge is 0.133 e. The Hall–Kier alpha value is -0.280. The standard InChI is InChI=1S/C13H18BrClN2/c1-2-17(9-10-4-3-5-10)13-11(7-15)6-12(14)8-16-13/h6,8,10H,2-5,7,9H2,1H3. The minimum Gasteiger partial charge on any atom is -0.356 e. The van der Waals surface area contributed by atoms with Crippen LogP contribution in [0, 0.1) is 5.92 Å². The largest absolute Gasteiger partial charge is 0.356 e. The second-order valence-electron chi connectivity index (χ2n) is 4.61. The molecule has 17 heavy (non-hydrogen) atoms. The average Bonchev–Trinajstić information content (AvgIpc) is 2.29. The lowest BCUT2D eigenvalue weighted by Crippen LogP contribution is -2.33. The van der Waals surface area contributed by atoms with Crippen molar-refractivity contribution in [3.05, 3.63) is 22.3 Å². The quantitative estimate of drug-likeness (QED) is 0.756. The van der Waals surface area contributed by atoms with Crippen molar-refractivity contribution in [2.24, 2.45) is 5.92 Å². The second kappa shape index (κ2) is 6.05. The molecule has 0 aromatic carbocycles. The summed E-state index contributed by atoms with van der Waals surface area (Å²) in [5, 5.41) is 0. The summed E-state index contributed by atoms with van der Waals surface area (Å²) in [4.78, 5) is 6.88. The van der Waals surface area contributed by atoms with Gasteiger partial charge in [0, 0.05) is 29.3 Å². The van der Waals surface area contributed by atoms with Gasteiger partial charge >= 0.3 is 0 Å². The van der Waals surface area contributed by atoms with Crippen LogP contribution < -0.4 is 4.90 Å². The minimum atomic E-state index is 0.517. The molecule has 0 amide bonds. The molecular weight excluding hydrogens is 300 g/mol. The Bertz CT molecular complexity index is 380. The molecule has 1 fully saturated rings.